The summed E-state index contributed by atoms with van der Waals surface area (Å²) >= 11 is 6.19. The summed E-state index contributed by atoms with van der Waals surface area (Å²) in [5.74, 6) is 0.526. The van der Waals surface area contributed by atoms with Gasteiger partial charge in [-0.05, 0) is 29.7 Å². The Morgan fingerprint density at radius 2 is 1.06 bits per heavy atom. The minimum absolute atomic E-state index is 0.0631. The minimum atomic E-state index is -0.629. The van der Waals surface area contributed by atoms with Gasteiger partial charge >= 0.3 is 17.5 Å². The van der Waals surface area contributed by atoms with Gasteiger partial charge in [0.05, 0.1) is 18.5 Å². The summed E-state index contributed by atoms with van der Waals surface area (Å²) < 4.78 is 4.95. The highest BCUT2D eigenvalue weighted by Gasteiger charge is 2.24. The predicted octanol–water partition coefficient (Wildman–Crippen LogP) is 2.24. The summed E-state index contributed by atoms with van der Waals surface area (Å²) in [6.07, 6.45) is 0. The van der Waals surface area contributed by atoms with Crippen LogP contribution < -0.4 is 0 Å². The van der Waals surface area contributed by atoms with E-state index in [-0.39, 0.29) is 35.4 Å². The van der Waals surface area contributed by atoms with Crippen LogP contribution in [0.3, 0.4) is 0 Å². The molecule has 0 saturated heterocycles. The minimum Gasteiger partial charge on any atom is -0.390 e. The highest BCUT2D eigenvalue weighted by atomic mass is 79.9. The Labute approximate surface area is 220 Å². The number of halogens is 2. The number of aromatic nitrogens is 6. The number of hydrogen-bond acceptors (Lipinski definition) is 11. The van der Waals surface area contributed by atoms with Crippen molar-refractivity contribution in [2.75, 3.05) is 0 Å². The fourth-order valence-electron chi connectivity index (χ4n) is 2.71. The maximum Gasteiger partial charge on any atom is 0.388 e. The average molecular weight is 641 g/mol. The Morgan fingerprint density at radius 3 is 1.33 bits per heavy atom. The molecule has 0 aliphatic rings. The molecule has 19 heteroatoms. The maximum absolute atomic E-state index is 10.5. The molecule has 0 fully saturated rings. The van der Waals surface area contributed by atoms with E-state index in [0.29, 0.717) is 27.4 Å². The first-order valence-electron chi connectivity index (χ1n) is 9.69. The first-order valence-corrected chi connectivity index (χ1v) is 11.6. The highest BCUT2D eigenvalue weighted by Crippen LogP contribution is 2.22. The van der Waals surface area contributed by atoms with E-state index in [0.717, 1.165) is 0 Å². The molecule has 0 aliphatic carbocycles. The van der Waals surface area contributed by atoms with Gasteiger partial charge in [0, 0.05) is 50.9 Å². The lowest BCUT2D eigenvalue weighted by Gasteiger charge is -1.96. The second-order valence-corrected chi connectivity index (χ2v) is 8.18. The van der Waals surface area contributed by atoms with Crippen LogP contribution in [-0.2, 0) is 39.7 Å². The van der Waals surface area contributed by atoms with Gasteiger partial charge in [-0.15, -0.1) is 0 Å². The smallest absolute Gasteiger partial charge is 0.388 e. The Balaban J connectivity index is 0.000000270. The van der Waals surface area contributed by atoms with Gasteiger partial charge in [0.15, 0.2) is 0 Å². The molecule has 0 bridgehead atoms. The van der Waals surface area contributed by atoms with E-state index in [4.69, 9.17) is 10.2 Å². The summed E-state index contributed by atoms with van der Waals surface area (Å²) in [5, 5.41) is 49.2. The van der Waals surface area contributed by atoms with Crippen LogP contribution in [0.4, 0.5) is 17.5 Å². The third kappa shape index (κ3) is 6.89. The number of rotatable bonds is 6. The van der Waals surface area contributed by atoms with E-state index >= 15 is 0 Å². The average Bonchev–Trinajstić information content (AvgIpc) is 3.40. The molecule has 0 spiro atoms. The number of hydrogen-bond donors (Lipinski definition) is 2. The number of aliphatic hydroxyl groups excluding tert-OH is 2. The molecular weight excluding hydrogens is 618 g/mol. The van der Waals surface area contributed by atoms with Crippen LogP contribution in [-0.4, -0.2) is 53.6 Å². The number of aliphatic hydroxyl groups is 2. The van der Waals surface area contributed by atoms with Gasteiger partial charge in [-0.1, -0.05) is 15.9 Å². The van der Waals surface area contributed by atoms with Crippen molar-refractivity contribution in [1.29, 1.82) is 0 Å². The molecule has 0 amide bonds. The number of alkyl halides is 1. The zero-order chi connectivity index (χ0) is 27.9. The summed E-state index contributed by atoms with van der Waals surface area (Å²) in [4.78, 5) is 40.6. The van der Waals surface area contributed by atoms with Gasteiger partial charge in [0.1, 0.15) is 17.1 Å². The fourth-order valence-corrected chi connectivity index (χ4v) is 3.71. The van der Waals surface area contributed by atoms with Crippen LogP contribution in [0.15, 0.2) is 4.73 Å². The summed E-state index contributed by atoms with van der Waals surface area (Å²) in [5.41, 5.74) is 1.02. The second kappa shape index (κ2) is 13.1. The zero-order valence-corrected chi connectivity index (χ0v) is 22.9. The van der Waals surface area contributed by atoms with Gasteiger partial charge in [0.2, 0.25) is 11.6 Å². The molecule has 0 unspecified atom stereocenters. The van der Waals surface area contributed by atoms with Crippen LogP contribution in [0.25, 0.3) is 0 Å². The van der Waals surface area contributed by atoms with Crippen molar-refractivity contribution in [3.63, 3.8) is 0 Å². The van der Waals surface area contributed by atoms with Crippen molar-refractivity contribution in [2.24, 2.45) is 21.1 Å². The van der Waals surface area contributed by atoms with Crippen molar-refractivity contribution in [3.8, 4) is 0 Å². The topological polar surface area (TPSA) is 223 Å². The SMILES string of the molecule is Cc1nc([N+](=O)[O-])c(CBr)n1C.Cc1nc([N+](=O)[O-])c(CO)n1C.Cn1c(Br)nc([N+](=O)[O-])c1CO. The number of nitro groups is 3. The van der Waals surface area contributed by atoms with Crippen molar-refractivity contribution in [3.05, 3.63) is 63.8 Å². The normalized spacial score (nSPS) is 10.2. The maximum atomic E-state index is 10.5. The predicted molar refractivity (Wildman–Crippen MR) is 131 cm³/mol. The van der Waals surface area contributed by atoms with Crippen LogP contribution in [0.5, 0.6) is 0 Å². The summed E-state index contributed by atoms with van der Waals surface area (Å²) in [7, 11) is 4.96. The van der Waals surface area contributed by atoms with Crippen LogP contribution in [0, 0.1) is 44.2 Å². The monoisotopic (exact) mass is 639 g/mol. The quantitative estimate of drug-likeness (QED) is 0.226. The molecule has 36 heavy (non-hydrogen) atoms. The third-order valence-electron chi connectivity index (χ3n) is 4.92. The van der Waals surface area contributed by atoms with Gasteiger partial charge in [0.25, 0.3) is 4.73 Å². The van der Waals surface area contributed by atoms with Crippen molar-refractivity contribution < 1.29 is 25.0 Å². The van der Waals surface area contributed by atoms with Crippen molar-refractivity contribution >= 4 is 49.3 Å². The molecule has 198 valence electrons. The first kappa shape index (κ1) is 30.7. The Hall–Kier alpha value is -3.29. The number of aryl methyl sites for hydroxylation is 2. The molecule has 0 radical (unpaired) electrons. The lowest BCUT2D eigenvalue weighted by Crippen LogP contribution is -2.00. The van der Waals surface area contributed by atoms with Gasteiger partial charge < -0.3 is 49.7 Å². The molecule has 3 aromatic heterocycles. The standard InChI is InChI=1S/C6H8BrN3O2.C6H9N3O3.C5H6BrN3O3/c1-4-8-6(10(11)12)5(3-7)9(4)2;1-4-7-6(9(11)12)5(3-10)8(4)2;1-8-3(2-10)4(9(11)12)7-5(8)6/h3H2,1-2H3;10H,3H2,1-2H3;10H,2H2,1H3. The Morgan fingerprint density at radius 1 is 0.722 bits per heavy atom. The van der Waals surface area contributed by atoms with E-state index in [9.17, 15) is 30.3 Å². The van der Waals surface area contributed by atoms with Crippen LogP contribution in [0.1, 0.15) is 28.7 Å². The molecule has 0 aromatic carbocycles. The van der Waals surface area contributed by atoms with E-state index in [1.54, 1.807) is 39.6 Å². The Kier molecular flexibility index (Phi) is 11.2. The van der Waals surface area contributed by atoms with Crippen molar-refractivity contribution in [1.82, 2.24) is 28.7 Å². The molecule has 2 N–H and O–H groups in total. The van der Waals surface area contributed by atoms with E-state index in [2.05, 4.69) is 46.8 Å². The molecule has 0 atom stereocenters. The second-order valence-electron chi connectivity index (χ2n) is 6.91. The van der Waals surface area contributed by atoms with Gasteiger partial charge in [-0.2, -0.15) is 0 Å². The molecule has 3 aromatic rings. The summed E-state index contributed by atoms with van der Waals surface area (Å²) in [6, 6.07) is 0. The largest absolute Gasteiger partial charge is 0.390 e. The third-order valence-corrected chi connectivity index (χ3v) is 6.16. The Bertz CT molecular complexity index is 1120. The fraction of sp³-hybridized carbons (Fsp3) is 0.471. The molecular formula is C17H23Br2N9O8. The van der Waals surface area contributed by atoms with Gasteiger partial charge in [-0.3, -0.25) is 4.57 Å². The molecule has 0 aliphatic heterocycles. The lowest BCUT2D eigenvalue weighted by atomic mass is 10.4. The van der Waals surface area contributed by atoms with E-state index < -0.39 is 21.4 Å². The van der Waals surface area contributed by atoms with Crippen LogP contribution in [0.2, 0.25) is 0 Å². The number of nitrogens with zero attached hydrogens (tertiary/aromatic N) is 9. The zero-order valence-electron chi connectivity index (χ0n) is 19.7. The summed E-state index contributed by atoms with van der Waals surface area (Å²) in [6.45, 7) is 2.62. The van der Waals surface area contributed by atoms with E-state index in [1.165, 1.54) is 9.13 Å². The first-order chi connectivity index (χ1) is 16.7. The molecule has 0 saturated carbocycles. The van der Waals surface area contributed by atoms with Crippen molar-refractivity contribution in [2.45, 2.75) is 32.4 Å². The van der Waals surface area contributed by atoms with E-state index in [1.807, 2.05) is 0 Å². The highest BCUT2D eigenvalue weighted by molar-refractivity contribution is 9.10. The molecule has 17 nitrogen and oxygen atoms in total. The number of imidazole rings is 3. The van der Waals surface area contributed by atoms with Gasteiger partial charge in [-0.25, -0.2) is 0 Å². The molecule has 3 heterocycles. The lowest BCUT2D eigenvalue weighted by molar-refractivity contribution is -0.390. The molecule has 3 rings (SSSR count). The van der Waals surface area contributed by atoms with Crippen LogP contribution >= 0.6 is 31.9 Å².